The summed E-state index contributed by atoms with van der Waals surface area (Å²) in [6.45, 7) is 5.55. The summed E-state index contributed by atoms with van der Waals surface area (Å²) in [6, 6.07) is -0.244. The lowest BCUT2D eigenvalue weighted by molar-refractivity contribution is -0.0968. The first-order valence-corrected chi connectivity index (χ1v) is 9.09. The van der Waals surface area contributed by atoms with Gasteiger partial charge in [-0.3, -0.25) is 14.7 Å². The first-order chi connectivity index (χ1) is 12.5. The van der Waals surface area contributed by atoms with Crippen LogP contribution in [0.3, 0.4) is 0 Å². The van der Waals surface area contributed by atoms with Crippen LogP contribution in [0.2, 0.25) is 0 Å². The van der Waals surface area contributed by atoms with Gasteiger partial charge < -0.3 is 14.9 Å². The Morgan fingerprint density at radius 2 is 2.19 bits per heavy atom. The Labute approximate surface area is 153 Å². The van der Waals surface area contributed by atoms with Crippen LogP contribution < -0.4 is 0 Å². The van der Waals surface area contributed by atoms with Crippen LogP contribution in [0, 0.1) is 0 Å². The molecule has 3 aliphatic heterocycles. The fourth-order valence-electron chi connectivity index (χ4n) is 3.89. The van der Waals surface area contributed by atoms with Gasteiger partial charge in [-0.25, -0.2) is 9.86 Å². The number of aliphatic imine (C=N–C) groups is 1. The number of fused-ring (bicyclic) bond motifs is 2. The van der Waals surface area contributed by atoms with E-state index in [1.54, 1.807) is 23.3 Å². The maximum atomic E-state index is 12.0. The average Bonchev–Trinajstić information content (AvgIpc) is 3.34. The molecule has 0 aromatic carbocycles. The molecule has 1 amide bonds. The van der Waals surface area contributed by atoms with Gasteiger partial charge in [0.2, 0.25) is 0 Å². The van der Waals surface area contributed by atoms with E-state index in [-0.39, 0.29) is 12.1 Å². The third-order valence-electron chi connectivity index (χ3n) is 5.15. The molecule has 0 aromatic rings. The number of nitrogens with zero attached hydrogens (tertiary/aromatic N) is 5. The highest BCUT2D eigenvalue weighted by atomic mass is 16.7. The van der Waals surface area contributed by atoms with E-state index in [9.17, 15) is 9.90 Å². The third-order valence-corrected chi connectivity index (χ3v) is 5.15. The van der Waals surface area contributed by atoms with Gasteiger partial charge in [0, 0.05) is 18.8 Å². The van der Waals surface area contributed by atoms with Crippen LogP contribution in [0.25, 0.3) is 0 Å². The van der Waals surface area contributed by atoms with E-state index < -0.39 is 6.09 Å². The van der Waals surface area contributed by atoms with Gasteiger partial charge in [0.05, 0.1) is 25.2 Å². The van der Waals surface area contributed by atoms with Crippen molar-refractivity contribution in [3.63, 3.8) is 0 Å². The van der Waals surface area contributed by atoms with Crippen molar-refractivity contribution >= 4 is 12.3 Å². The van der Waals surface area contributed by atoms with Crippen molar-refractivity contribution in [2.24, 2.45) is 4.99 Å². The molecule has 1 fully saturated rings. The van der Waals surface area contributed by atoms with Crippen LogP contribution in [0.4, 0.5) is 4.79 Å². The molecule has 0 spiro atoms. The predicted octanol–water partition coefficient (Wildman–Crippen LogP) is 2.36. The summed E-state index contributed by atoms with van der Waals surface area (Å²) in [5, 5.41) is 11.6. The molecular formula is C18H25N5O3. The zero-order valence-corrected chi connectivity index (χ0v) is 15.4. The summed E-state index contributed by atoms with van der Waals surface area (Å²) in [5.74, 6) is 0.961. The molecule has 1 atom stereocenters. The quantitative estimate of drug-likeness (QED) is 0.812. The highest BCUT2D eigenvalue weighted by Gasteiger charge is 2.45. The predicted molar refractivity (Wildman–Crippen MR) is 96.6 cm³/mol. The smallest absolute Gasteiger partial charge is 0.408 e. The monoisotopic (exact) mass is 359 g/mol. The van der Waals surface area contributed by atoms with Gasteiger partial charge in [0.25, 0.3) is 0 Å². The van der Waals surface area contributed by atoms with Crippen molar-refractivity contribution in [2.45, 2.75) is 45.2 Å². The van der Waals surface area contributed by atoms with Crippen LogP contribution in [0.5, 0.6) is 0 Å². The first kappa shape index (κ1) is 17.0. The second-order valence-electron chi connectivity index (χ2n) is 7.08. The van der Waals surface area contributed by atoms with Crippen molar-refractivity contribution in [1.82, 2.24) is 19.8 Å². The molecule has 0 radical (unpaired) electrons. The maximum Gasteiger partial charge on any atom is 0.408 e. The highest BCUT2D eigenvalue weighted by molar-refractivity contribution is 5.82. The summed E-state index contributed by atoms with van der Waals surface area (Å²) in [7, 11) is 1.64. The molecule has 4 rings (SSSR count). The number of carbonyl (C=O) groups is 1. The lowest BCUT2D eigenvalue weighted by Gasteiger charge is -2.43. The van der Waals surface area contributed by atoms with E-state index >= 15 is 0 Å². The van der Waals surface area contributed by atoms with Gasteiger partial charge in [-0.1, -0.05) is 6.92 Å². The topological polar surface area (TPSA) is 71.9 Å². The molecule has 1 saturated carbocycles. The second-order valence-corrected chi connectivity index (χ2v) is 7.08. The van der Waals surface area contributed by atoms with Gasteiger partial charge in [-0.05, 0) is 31.8 Å². The van der Waals surface area contributed by atoms with E-state index in [0.29, 0.717) is 6.67 Å². The van der Waals surface area contributed by atoms with Crippen LogP contribution in [0.15, 0.2) is 40.2 Å². The Kier molecular flexibility index (Phi) is 4.14. The fourth-order valence-corrected chi connectivity index (χ4v) is 3.89. The van der Waals surface area contributed by atoms with Crippen LogP contribution >= 0.6 is 0 Å². The van der Waals surface area contributed by atoms with Crippen molar-refractivity contribution in [3.05, 3.63) is 35.2 Å². The molecule has 1 N–H and O–H groups in total. The Morgan fingerprint density at radius 1 is 1.42 bits per heavy atom. The molecule has 1 unspecified atom stereocenters. The highest BCUT2D eigenvalue weighted by Crippen LogP contribution is 2.41. The number of hydrogen-bond acceptors (Lipinski definition) is 6. The number of carboxylic acid groups (broad SMARTS) is 1. The summed E-state index contributed by atoms with van der Waals surface area (Å²) in [6.07, 6.45) is 7.76. The van der Waals surface area contributed by atoms with E-state index in [1.165, 1.54) is 0 Å². The molecule has 0 saturated heterocycles. The Bertz CT molecular complexity index is 737. The largest absolute Gasteiger partial charge is 0.465 e. The van der Waals surface area contributed by atoms with E-state index in [2.05, 4.69) is 22.9 Å². The molecule has 4 aliphatic rings. The van der Waals surface area contributed by atoms with Crippen LogP contribution in [-0.4, -0.2) is 69.6 Å². The van der Waals surface area contributed by atoms with Crippen molar-refractivity contribution in [3.8, 4) is 0 Å². The Hall–Kier alpha value is -2.48. The lowest BCUT2D eigenvalue weighted by Crippen LogP contribution is -2.49. The Balaban J connectivity index is 1.78. The first-order valence-electron chi connectivity index (χ1n) is 9.09. The van der Waals surface area contributed by atoms with Crippen LogP contribution in [-0.2, 0) is 4.84 Å². The number of hydroxylamine groups is 2. The molecule has 26 heavy (non-hydrogen) atoms. The molecule has 8 nitrogen and oxygen atoms in total. The van der Waals surface area contributed by atoms with Crippen LogP contribution in [0.1, 0.15) is 33.1 Å². The molecular weight excluding hydrogens is 334 g/mol. The SMILES string of the molecule is CCCN1C=C(C)C(N(C(=O)O)C2CC2)C2=C1N1CN(OC)C=C1C=N2. The number of rotatable bonds is 5. The molecule has 140 valence electrons. The number of hydrogen-bond donors (Lipinski definition) is 1. The minimum Gasteiger partial charge on any atom is -0.465 e. The minimum atomic E-state index is -0.877. The van der Waals surface area contributed by atoms with Gasteiger partial charge >= 0.3 is 6.09 Å². The van der Waals surface area contributed by atoms with E-state index in [0.717, 1.165) is 48.6 Å². The molecule has 1 aliphatic carbocycles. The van der Waals surface area contributed by atoms with Gasteiger partial charge in [0.1, 0.15) is 24.2 Å². The second kappa shape index (κ2) is 6.35. The summed E-state index contributed by atoms with van der Waals surface area (Å²) < 4.78 is 0. The molecule has 3 heterocycles. The van der Waals surface area contributed by atoms with Crippen molar-refractivity contribution in [2.75, 3.05) is 20.3 Å². The molecule has 8 heteroatoms. The normalized spacial score (nSPS) is 24.4. The summed E-state index contributed by atoms with van der Waals surface area (Å²) in [5.41, 5.74) is 2.77. The lowest BCUT2D eigenvalue weighted by atomic mass is 9.99. The van der Waals surface area contributed by atoms with E-state index in [4.69, 9.17) is 9.83 Å². The summed E-state index contributed by atoms with van der Waals surface area (Å²) in [4.78, 5) is 28.0. The minimum absolute atomic E-state index is 0.0912. The average molecular weight is 359 g/mol. The van der Waals surface area contributed by atoms with Crippen molar-refractivity contribution < 1.29 is 14.7 Å². The number of allylic oxidation sites excluding steroid dienone is 1. The zero-order chi connectivity index (χ0) is 18.4. The molecule has 0 bridgehead atoms. The zero-order valence-electron chi connectivity index (χ0n) is 15.4. The Morgan fingerprint density at radius 3 is 2.81 bits per heavy atom. The third kappa shape index (κ3) is 2.65. The molecule has 0 aromatic heterocycles. The van der Waals surface area contributed by atoms with E-state index in [1.807, 2.05) is 13.1 Å². The van der Waals surface area contributed by atoms with Gasteiger partial charge in [0.15, 0.2) is 0 Å². The standard InChI is InChI=1S/C18H25N5O3/c1-4-7-20-9-12(2)16(23(18(24)25)13-5-6-13)15-17(20)22-11-21(26-3)10-14(22)8-19-15/h8-10,13,16H,4-7,11H2,1-3H3,(H,24,25). The fraction of sp³-hybridized carbons (Fsp3) is 0.556. The van der Waals surface area contributed by atoms with Gasteiger partial charge in [-0.2, -0.15) is 0 Å². The van der Waals surface area contributed by atoms with Crippen molar-refractivity contribution in [1.29, 1.82) is 0 Å². The maximum absolute atomic E-state index is 12.0. The van der Waals surface area contributed by atoms with Gasteiger partial charge in [-0.15, -0.1) is 0 Å². The number of amides is 1. The summed E-state index contributed by atoms with van der Waals surface area (Å²) >= 11 is 0.